The molecule has 1 aromatic carbocycles. The summed E-state index contributed by atoms with van der Waals surface area (Å²) in [5.41, 5.74) is 1.17. The number of carbonyl (C=O) groups excluding carboxylic acids is 2. The molecule has 28 heavy (non-hydrogen) atoms. The maximum Gasteiger partial charge on any atom is 0.317 e. The molecule has 0 radical (unpaired) electrons. The SMILES string of the molecule is CCNC(=O)N(CC)CC(=O)Nc1cc(C(C)(C)C)nn1-c1ccc(F)cc1. The second-order valence-corrected chi connectivity index (χ2v) is 7.45. The topological polar surface area (TPSA) is 79.3 Å². The van der Waals surface area contributed by atoms with Gasteiger partial charge in [0.25, 0.3) is 0 Å². The first-order valence-corrected chi connectivity index (χ1v) is 9.34. The zero-order valence-electron chi connectivity index (χ0n) is 17.0. The third-order valence-corrected chi connectivity index (χ3v) is 4.15. The fourth-order valence-electron chi connectivity index (χ4n) is 2.56. The molecular weight excluding hydrogens is 361 g/mol. The van der Waals surface area contributed by atoms with E-state index in [9.17, 15) is 14.0 Å². The van der Waals surface area contributed by atoms with Crippen LogP contribution in [0, 0.1) is 5.82 Å². The summed E-state index contributed by atoms with van der Waals surface area (Å²) < 4.78 is 14.9. The Balaban J connectivity index is 2.28. The fourth-order valence-corrected chi connectivity index (χ4v) is 2.56. The van der Waals surface area contributed by atoms with Gasteiger partial charge in [-0.2, -0.15) is 5.10 Å². The summed E-state index contributed by atoms with van der Waals surface area (Å²) in [6, 6.07) is 7.38. The number of anilines is 1. The van der Waals surface area contributed by atoms with Crippen molar-refractivity contribution in [1.82, 2.24) is 20.0 Å². The van der Waals surface area contributed by atoms with Crippen LogP contribution in [-0.4, -0.2) is 46.3 Å². The van der Waals surface area contributed by atoms with Crippen LogP contribution in [0.3, 0.4) is 0 Å². The predicted octanol–water partition coefficient (Wildman–Crippen LogP) is 3.30. The van der Waals surface area contributed by atoms with Crippen molar-refractivity contribution < 1.29 is 14.0 Å². The number of benzene rings is 1. The molecule has 0 saturated heterocycles. The molecule has 0 spiro atoms. The predicted molar refractivity (Wildman–Crippen MR) is 107 cm³/mol. The molecule has 0 fully saturated rings. The maximum atomic E-state index is 13.3. The normalized spacial score (nSPS) is 11.2. The van der Waals surface area contributed by atoms with Crippen molar-refractivity contribution in [2.24, 2.45) is 0 Å². The van der Waals surface area contributed by atoms with Gasteiger partial charge >= 0.3 is 6.03 Å². The van der Waals surface area contributed by atoms with Gasteiger partial charge in [-0.1, -0.05) is 20.8 Å². The van der Waals surface area contributed by atoms with Gasteiger partial charge in [0.1, 0.15) is 18.2 Å². The van der Waals surface area contributed by atoms with Gasteiger partial charge in [-0.3, -0.25) is 4.79 Å². The van der Waals surface area contributed by atoms with Crippen molar-refractivity contribution in [3.8, 4) is 5.69 Å². The van der Waals surface area contributed by atoms with Gasteiger partial charge in [-0.05, 0) is 38.1 Å². The van der Waals surface area contributed by atoms with Crippen molar-refractivity contribution in [2.75, 3.05) is 25.0 Å². The summed E-state index contributed by atoms with van der Waals surface area (Å²) >= 11 is 0. The largest absolute Gasteiger partial charge is 0.338 e. The third-order valence-electron chi connectivity index (χ3n) is 4.15. The van der Waals surface area contributed by atoms with Gasteiger partial charge in [0.15, 0.2) is 0 Å². The molecule has 8 heteroatoms. The minimum Gasteiger partial charge on any atom is -0.338 e. The van der Waals surface area contributed by atoms with E-state index in [0.717, 1.165) is 5.69 Å². The summed E-state index contributed by atoms with van der Waals surface area (Å²) in [6.07, 6.45) is 0. The Morgan fingerprint density at radius 1 is 1.18 bits per heavy atom. The maximum absolute atomic E-state index is 13.3. The zero-order valence-corrected chi connectivity index (χ0v) is 17.0. The number of aromatic nitrogens is 2. The van der Waals surface area contributed by atoms with Gasteiger partial charge in [-0.15, -0.1) is 0 Å². The number of nitrogens with zero attached hydrogens (tertiary/aromatic N) is 3. The van der Waals surface area contributed by atoms with Gasteiger partial charge in [0.05, 0.1) is 11.4 Å². The highest BCUT2D eigenvalue weighted by atomic mass is 19.1. The Morgan fingerprint density at radius 3 is 2.36 bits per heavy atom. The van der Waals surface area contributed by atoms with E-state index in [-0.39, 0.29) is 29.7 Å². The fraction of sp³-hybridized carbons (Fsp3) is 0.450. The van der Waals surface area contributed by atoms with E-state index < -0.39 is 0 Å². The lowest BCUT2D eigenvalue weighted by atomic mass is 9.92. The number of likely N-dealkylation sites (N-methyl/N-ethyl adjacent to an activating group) is 1. The smallest absolute Gasteiger partial charge is 0.317 e. The van der Waals surface area contributed by atoms with Crippen molar-refractivity contribution in [1.29, 1.82) is 0 Å². The number of hydrogen-bond acceptors (Lipinski definition) is 3. The van der Waals surface area contributed by atoms with Crippen LogP contribution in [0.4, 0.5) is 15.0 Å². The molecule has 0 atom stereocenters. The van der Waals surface area contributed by atoms with Gasteiger partial charge in [0.2, 0.25) is 5.91 Å². The first kappa shape index (κ1) is 21.4. The molecule has 1 aromatic heterocycles. The van der Waals surface area contributed by atoms with Crippen LogP contribution in [0.5, 0.6) is 0 Å². The number of amides is 3. The molecule has 1 heterocycles. The molecule has 2 N–H and O–H groups in total. The Bertz CT molecular complexity index is 824. The van der Waals surface area contributed by atoms with Crippen molar-refractivity contribution >= 4 is 17.8 Å². The third kappa shape index (κ3) is 5.31. The lowest BCUT2D eigenvalue weighted by Crippen LogP contribution is -2.43. The molecule has 0 bridgehead atoms. The lowest BCUT2D eigenvalue weighted by Gasteiger charge is -2.20. The highest BCUT2D eigenvalue weighted by Gasteiger charge is 2.22. The lowest BCUT2D eigenvalue weighted by molar-refractivity contribution is -0.116. The number of nitrogens with one attached hydrogen (secondary N) is 2. The average molecular weight is 389 g/mol. The van der Waals surface area contributed by atoms with Gasteiger partial charge in [-0.25, -0.2) is 13.9 Å². The second kappa shape index (κ2) is 8.86. The van der Waals surface area contributed by atoms with E-state index in [0.29, 0.717) is 24.6 Å². The van der Waals surface area contributed by atoms with Crippen LogP contribution >= 0.6 is 0 Å². The Kier molecular flexibility index (Phi) is 6.77. The monoisotopic (exact) mass is 389 g/mol. The molecule has 0 aliphatic carbocycles. The van der Waals surface area contributed by atoms with E-state index in [4.69, 9.17) is 0 Å². The summed E-state index contributed by atoms with van der Waals surface area (Å²) in [5.74, 6) is -0.219. The molecule has 7 nitrogen and oxygen atoms in total. The zero-order chi connectivity index (χ0) is 20.9. The number of urea groups is 1. The molecule has 0 saturated carbocycles. The molecule has 0 unspecified atom stereocenters. The highest BCUT2D eigenvalue weighted by Crippen LogP contribution is 2.26. The molecular formula is C20H28FN5O2. The minimum absolute atomic E-state index is 0.0816. The van der Waals surface area contributed by atoms with Crippen LogP contribution < -0.4 is 10.6 Å². The van der Waals surface area contributed by atoms with Crippen molar-refractivity contribution in [3.63, 3.8) is 0 Å². The number of hydrogen-bond donors (Lipinski definition) is 2. The van der Waals surface area contributed by atoms with Crippen LogP contribution in [-0.2, 0) is 10.2 Å². The molecule has 152 valence electrons. The minimum atomic E-state index is -0.349. The van der Waals surface area contributed by atoms with E-state index in [1.807, 2.05) is 34.6 Å². The second-order valence-electron chi connectivity index (χ2n) is 7.45. The summed E-state index contributed by atoms with van der Waals surface area (Å²) in [6.45, 7) is 10.5. The quantitative estimate of drug-likeness (QED) is 0.796. The Hall–Kier alpha value is -2.90. The van der Waals surface area contributed by atoms with Crippen molar-refractivity contribution in [2.45, 2.75) is 40.0 Å². The first-order chi connectivity index (χ1) is 13.2. The van der Waals surface area contributed by atoms with E-state index in [1.54, 1.807) is 22.9 Å². The molecule has 3 amide bonds. The Morgan fingerprint density at radius 2 is 1.82 bits per heavy atom. The Labute approximate surface area is 164 Å². The summed E-state index contributed by atoms with van der Waals surface area (Å²) in [4.78, 5) is 26.0. The summed E-state index contributed by atoms with van der Waals surface area (Å²) in [7, 11) is 0. The molecule has 0 aliphatic heterocycles. The van der Waals surface area contributed by atoms with Crippen LogP contribution in [0.15, 0.2) is 30.3 Å². The van der Waals surface area contributed by atoms with Crippen LogP contribution in [0.2, 0.25) is 0 Å². The average Bonchev–Trinajstić information content (AvgIpc) is 3.04. The number of rotatable bonds is 6. The molecule has 0 aliphatic rings. The molecule has 2 aromatic rings. The number of halogens is 1. The number of carbonyl (C=O) groups is 2. The van der Waals surface area contributed by atoms with E-state index >= 15 is 0 Å². The molecule has 2 rings (SSSR count). The first-order valence-electron chi connectivity index (χ1n) is 9.34. The van der Waals surface area contributed by atoms with Crippen molar-refractivity contribution in [3.05, 3.63) is 41.8 Å². The van der Waals surface area contributed by atoms with E-state index in [1.165, 1.54) is 17.0 Å². The van der Waals surface area contributed by atoms with Gasteiger partial charge in [0, 0.05) is 24.6 Å². The van der Waals surface area contributed by atoms with Gasteiger partial charge < -0.3 is 15.5 Å². The highest BCUT2D eigenvalue weighted by molar-refractivity contribution is 5.94. The standard InChI is InChI=1S/C20H28FN5O2/c1-6-22-19(28)25(7-2)13-18(27)23-17-12-16(20(3,4)5)24-26(17)15-10-8-14(21)9-11-15/h8-12H,6-7,13H2,1-5H3,(H,22,28)(H,23,27). The van der Waals surface area contributed by atoms with Crippen LogP contribution in [0.25, 0.3) is 5.69 Å². The van der Waals surface area contributed by atoms with E-state index in [2.05, 4.69) is 15.7 Å². The van der Waals surface area contributed by atoms with Crippen LogP contribution in [0.1, 0.15) is 40.3 Å². The summed E-state index contributed by atoms with van der Waals surface area (Å²) in [5, 5.41) is 10.1.